The van der Waals surface area contributed by atoms with Crippen molar-refractivity contribution in [3.05, 3.63) is 89.6 Å². The molecule has 0 spiro atoms. The molecule has 1 aromatic heterocycles. The Kier molecular flexibility index (Phi) is 4.89. The van der Waals surface area contributed by atoms with Gasteiger partial charge in [-0.1, -0.05) is 30.3 Å². The summed E-state index contributed by atoms with van der Waals surface area (Å²) >= 11 is 0. The lowest BCUT2D eigenvalue weighted by Gasteiger charge is -2.11. The zero-order valence-corrected chi connectivity index (χ0v) is 13.2. The van der Waals surface area contributed by atoms with E-state index in [-0.39, 0.29) is 23.7 Å². The van der Waals surface area contributed by atoms with Crippen LogP contribution in [0.15, 0.2) is 71.3 Å². The maximum absolute atomic E-state index is 13.6. The first-order chi connectivity index (χ1) is 12.1. The Morgan fingerprint density at radius 1 is 0.920 bits per heavy atom. The van der Waals surface area contributed by atoms with Gasteiger partial charge in [-0.05, 0) is 30.3 Å². The minimum Gasteiger partial charge on any atom is -0.459 e. The third-order valence-corrected chi connectivity index (χ3v) is 3.56. The first-order valence-electron chi connectivity index (χ1n) is 7.60. The van der Waals surface area contributed by atoms with Crippen LogP contribution in [-0.4, -0.2) is 11.8 Å². The average Bonchev–Trinajstić information content (AvgIpc) is 3.16. The molecule has 0 aliphatic heterocycles. The maximum atomic E-state index is 13.6. The predicted molar refractivity (Wildman–Crippen MR) is 90.7 cm³/mol. The lowest BCUT2D eigenvalue weighted by molar-refractivity contribution is 0.0951. The van der Waals surface area contributed by atoms with Gasteiger partial charge in [-0.15, -0.1) is 0 Å². The van der Waals surface area contributed by atoms with Crippen LogP contribution in [0.4, 0.5) is 10.1 Å². The highest BCUT2D eigenvalue weighted by Gasteiger charge is 2.15. The minimum atomic E-state index is -0.459. The number of nitrogens with one attached hydrogen (secondary N) is 2. The highest BCUT2D eigenvalue weighted by atomic mass is 19.1. The number of para-hydroxylation sites is 1. The number of anilines is 1. The van der Waals surface area contributed by atoms with Crippen molar-refractivity contribution in [1.29, 1.82) is 0 Å². The topological polar surface area (TPSA) is 71.3 Å². The van der Waals surface area contributed by atoms with Crippen LogP contribution in [0.3, 0.4) is 0 Å². The van der Waals surface area contributed by atoms with Crippen molar-refractivity contribution in [2.24, 2.45) is 0 Å². The Bertz CT molecular complexity index is 891. The first kappa shape index (κ1) is 16.4. The molecule has 0 bridgehead atoms. The molecule has 0 saturated heterocycles. The van der Waals surface area contributed by atoms with Crippen LogP contribution < -0.4 is 10.6 Å². The van der Waals surface area contributed by atoms with Gasteiger partial charge in [0, 0.05) is 12.1 Å². The quantitative estimate of drug-likeness (QED) is 0.747. The molecular weight excluding hydrogens is 323 g/mol. The molecule has 0 fully saturated rings. The van der Waals surface area contributed by atoms with Crippen molar-refractivity contribution in [3.63, 3.8) is 0 Å². The second kappa shape index (κ2) is 7.44. The third kappa shape index (κ3) is 3.92. The van der Waals surface area contributed by atoms with E-state index in [2.05, 4.69) is 10.6 Å². The van der Waals surface area contributed by atoms with E-state index in [1.807, 2.05) is 0 Å². The summed E-state index contributed by atoms with van der Waals surface area (Å²) in [7, 11) is 0. The smallest absolute Gasteiger partial charge is 0.291 e. The van der Waals surface area contributed by atoms with Crippen LogP contribution in [0.5, 0.6) is 0 Å². The number of amides is 2. The fourth-order valence-electron chi connectivity index (χ4n) is 2.29. The van der Waals surface area contributed by atoms with Crippen molar-refractivity contribution >= 4 is 17.5 Å². The number of halogens is 1. The van der Waals surface area contributed by atoms with Crippen LogP contribution in [0, 0.1) is 5.82 Å². The molecule has 126 valence electrons. The zero-order chi connectivity index (χ0) is 17.6. The Labute approximate surface area is 143 Å². The monoisotopic (exact) mass is 338 g/mol. The van der Waals surface area contributed by atoms with Crippen molar-refractivity contribution in [2.75, 3.05) is 5.32 Å². The molecule has 0 radical (unpaired) electrons. The number of carbonyl (C=O) groups is 2. The summed E-state index contributed by atoms with van der Waals surface area (Å²) in [6.07, 6.45) is 1.39. The van der Waals surface area contributed by atoms with E-state index in [0.29, 0.717) is 11.3 Å². The summed E-state index contributed by atoms with van der Waals surface area (Å²) in [5.74, 6) is -1.12. The second-order valence-corrected chi connectivity index (χ2v) is 5.25. The molecule has 2 N–H and O–H groups in total. The number of benzene rings is 2. The van der Waals surface area contributed by atoms with Gasteiger partial charge in [-0.25, -0.2) is 4.39 Å². The molecule has 0 unspecified atom stereocenters. The third-order valence-electron chi connectivity index (χ3n) is 3.56. The van der Waals surface area contributed by atoms with Crippen molar-refractivity contribution in [1.82, 2.24) is 5.32 Å². The number of hydrogen-bond acceptors (Lipinski definition) is 3. The van der Waals surface area contributed by atoms with Gasteiger partial charge in [0.2, 0.25) is 0 Å². The van der Waals surface area contributed by atoms with Crippen molar-refractivity contribution in [3.8, 4) is 0 Å². The summed E-state index contributed by atoms with van der Waals surface area (Å²) in [5, 5.41) is 5.29. The van der Waals surface area contributed by atoms with Crippen LogP contribution in [0.2, 0.25) is 0 Å². The Balaban J connectivity index is 1.72. The molecule has 1 heterocycles. The van der Waals surface area contributed by atoms with E-state index in [9.17, 15) is 14.0 Å². The highest BCUT2D eigenvalue weighted by molar-refractivity contribution is 6.07. The van der Waals surface area contributed by atoms with Crippen molar-refractivity contribution < 1.29 is 18.4 Å². The normalized spacial score (nSPS) is 10.3. The standard InChI is InChI=1S/C19H15FN2O3/c20-15-8-3-1-6-13(15)12-21-18(23)14-7-2-4-9-16(14)22-19(24)17-10-5-11-25-17/h1-11H,12H2,(H,21,23)(H,22,24). The second-order valence-electron chi connectivity index (χ2n) is 5.25. The van der Waals surface area contributed by atoms with Gasteiger partial charge < -0.3 is 15.1 Å². The first-order valence-corrected chi connectivity index (χ1v) is 7.60. The molecule has 25 heavy (non-hydrogen) atoms. The number of rotatable bonds is 5. The van der Waals surface area contributed by atoms with Gasteiger partial charge in [0.15, 0.2) is 5.76 Å². The molecule has 3 aromatic rings. The molecule has 5 nitrogen and oxygen atoms in total. The summed E-state index contributed by atoms with van der Waals surface area (Å²) in [6, 6.07) is 15.9. The molecule has 0 aliphatic rings. The minimum absolute atomic E-state index is 0.0476. The molecule has 0 saturated carbocycles. The molecule has 6 heteroatoms. The number of carbonyl (C=O) groups excluding carboxylic acids is 2. The summed E-state index contributed by atoms with van der Waals surface area (Å²) in [4.78, 5) is 24.5. The fraction of sp³-hybridized carbons (Fsp3) is 0.0526. The zero-order valence-electron chi connectivity index (χ0n) is 13.2. The Hall–Kier alpha value is -3.41. The van der Waals surface area contributed by atoms with Crippen LogP contribution in [0.1, 0.15) is 26.5 Å². The molecule has 0 atom stereocenters. The van der Waals surface area contributed by atoms with Gasteiger partial charge in [0.1, 0.15) is 5.82 Å². The number of furan rings is 1. The molecule has 3 rings (SSSR count). The number of hydrogen-bond donors (Lipinski definition) is 2. The summed E-state index contributed by atoms with van der Waals surface area (Å²) < 4.78 is 18.7. The van der Waals surface area contributed by atoms with Gasteiger partial charge in [-0.2, -0.15) is 0 Å². The molecule has 2 aromatic carbocycles. The van der Waals surface area contributed by atoms with Gasteiger partial charge >= 0.3 is 0 Å². The lowest BCUT2D eigenvalue weighted by Crippen LogP contribution is -2.25. The highest BCUT2D eigenvalue weighted by Crippen LogP contribution is 2.17. The van der Waals surface area contributed by atoms with Gasteiger partial charge in [0.05, 0.1) is 17.5 Å². The summed E-state index contributed by atoms with van der Waals surface area (Å²) in [5.41, 5.74) is 1.00. The van der Waals surface area contributed by atoms with Crippen LogP contribution >= 0.6 is 0 Å². The van der Waals surface area contributed by atoms with E-state index in [1.165, 1.54) is 18.4 Å². The van der Waals surface area contributed by atoms with Crippen molar-refractivity contribution in [2.45, 2.75) is 6.54 Å². The lowest BCUT2D eigenvalue weighted by atomic mass is 10.1. The van der Waals surface area contributed by atoms with E-state index in [1.54, 1.807) is 48.5 Å². The summed E-state index contributed by atoms with van der Waals surface area (Å²) in [6.45, 7) is 0.0476. The van der Waals surface area contributed by atoms with E-state index < -0.39 is 11.8 Å². The maximum Gasteiger partial charge on any atom is 0.291 e. The average molecular weight is 338 g/mol. The predicted octanol–water partition coefficient (Wildman–Crippen LogP) is 3.60. The van der Waals surface area contributed by atoms with E-state index in [0.717, 1.165) is 0 Å². The molecular formula is C19H15FN2O3. The molecule has 0 aliphatic carbocycles. The van der Waals surface area contributed by atoms with Gasteiger partial charge in [-0.3, -0.25) is 9.59 Å². The fourth-order valence-corrected chi connectivity index (χ4v) is 2.29. The van der Waals surface area contributed by atoms with E-state index in [4.69, 9.17) is 4.42 Å². The molecule has 2 amide bonds. The Morgan fingerprint density at radius 2 is 1.68 bits per heavy atom. The SMILES string of the molecule is O=C(Nc1ccccc1C(=O)NCc1ccccc1F)c1ccco1. The van der Waals surface area contributed by atoms with E-state index >= 15 is 0 Å². The van der Waals surface area contributed by atoms with Crippen LogP contribution in [0.25, 0.3) is 0 Å². The van der Waals surface area contributed by atoms with Gasteiger partial charge in [0.25, 0.3) is 11.8 Å². The largest absolute Gasteiger partial charge is 0.459 e. The Morgan fingerprint density at radius 3 is 2.44 bits per heavy atom. The van der Waals surface area contributed by atoms with Crippen LogP contribution in [-0.2, 0) is 6.54 Å².